The van der Waals surface area contributed by atoms with E-state index in [-0.39, 0.29) is 18.5 Å². The molecule has 2 aromatic heterocycles. The van der Waals surface area contributed by atoms with E-state index in [2.05, 4.69) is 5.32 Å². The number of amides is 1. The number of benzene rings is 1. The Bertz CT molecular complexity index is 1170. The van der Waals surface area contributed by atoms with Gasteiger partial charge in [0, 0.05) is 11.4 Å². The van der Waals surface area contributed by atoms with Gasteiger partial charge in [0.15, 0.2) is 12.2 Å². The lowest BCUT2D eigenvalue weighted by Crippen LogP contribution is -2.23. The average molecular weight is 432 g/mol. The van der Waals surface area contributed by atoms with E-state index in [9.17, 15) is 19.2 Å². The largest absolute Gasteiger partial charge is 0.465 e. The fraction of sp³-hybridized carbons (Fsp3) is 0.300. The van der Waals surface area contributed by atoms with Crippen molar-refractivity contribution >= 4 is 45.3 Å². The van der Waals surface area contributed by atoms with E-state index in [1.807, 2.05) is 6.92 Å². The molecule has 0 aliphatic rings. The molecule has 0 spiro atoms. The number of hydrogen-bond donors (Lipinski definition) is 1. The minimum atomic E-state index is -0.644. The molecule has 158 valence electrons. The third-order valence-corrected chi connectivity index (χ3v) is 5.63. The number of carbonyl (C=O) groups excluding carboxylic acids is 3. The van der Waals surface area contributed by atoms with Crippen LogP contribution in [0.2, 0.25) is 0 Å². The Balaban J connectivity index is 1.56. The Labute approximate surface area is 175 Å². The van der Waals surface area contributed by atoms with E-state index in [0.717, 1.165) is 10.4 Å². The number of fused-ring (bicyclic) bond motifs is 1. The summed E-state index contributed by atoms with van der Waals surface area (Å²) in [5.41, 5.74) is 2.01. The van der Waals surface area contributed by atoms with Crippen molar-refractivity contribution in [3.63, 3.8) is 0 Å². The van der Waals surface area contributed by atoms with E-state index >= 15 is 0 Å². The van der Waals surface area contributed by atoms with Gasteiger partial charge in [0.1, 0.15) is 5.00 Å². The maximum absolute atomic E-state index is 12.2. The van der Waals surface area contributed by atoms with Crippen molar-refractivity contribution in [1.29, 1.82) is 0 Å². The molecule has 0 saturated heterocycles. The van der Waals surface area contributed by atoms with E-state index in [0.29, 0.717) is 16.1 Å². The van der Waals surface area contributed by atoms with Crippen LogP contribution in [0.3, 0.4) is 0 Å². The van der Waals surface area contributed by atoms with Crippen LogP contribution in [0.1, 0.15) is 27.2 Å². The van der Waals surface area contributed by atoms with Gasteiger partial charge < -0.3 is 19.2 Å². The molecule has 0 unspecified atom stereocenters. The Morgan fingerprint density at radius 3 is 2.67 bits per heavy atom. The highest BCUT2D eigenvalue weighted by Crippen LogP contribution is 2.32. The van der Waals surface area contributed by atoms with Gasteiger partial charge in [-0.3, -0.25) is 14.2 Å². The van der Waals surface area contributed by atoms with Crippen LogP contribution < -0.4 is 11.1 Å². The molecule has 0 radical (unpaired) electrons. The Morgan fingerprint density at radius 2 is 1.93 bits per heavy atom. The van der Waals surface area contributed by atoms with Crippen LogP contribution in [-0.4, -0.2) is 36.1 Å². The molecule has 10 heteroatoms. The van der Waals surface area contributed by atoms with E-state index in [1.54, 1.807) is 31.2 Å². The second kappa shape index (κ2) is 8.95. The highest BCUT2D eigenvalue weighted by atomic mass is 32.1. The lowest BCUT2D eigenvalue weighted by molar-refractivity contribution is -0.147. The van der Waals surface area contributed by atoms with Gasteiger partial charge in [-0.25, -0.2) is 9.59 Å². The number of para-hydroxylation sites is 2. The van der Waals surface area contributed by atoms with E-state index < -0.39 is 30.2 Å². The van der Waals surface area contributed by atoms with Crippen LogP contribution in [0, 0.1) is 13.8 Å². The summed E-state index contributed by atoms with van der Waals surface area (Å²) in [6, 6.07) is 6.87. The molecule has 1 aromatic carbocycles. The first-order valence-corrected chi connectivity index (χ1v) is 9.85. The molecule has 3 aromatic rings. The summed E-state index contributed by atoms with van der Waals surface area (Å²) < 4.78 is 16.2. The number of aryl methyl sites for hydroxylation is 2. The number of methoxy groups -OCH3 is 1. The molecular weight excluding hydrogens is 412 g/mol. The smallest absolute Gasteiger partial charge is 0.419 e. The molecule has 0 aliphatic heterocycles. The highest BCUT2D eigenvalue weighted by Gasteiger charge is 2.22. The molecule has 0 fully saturated rings. The normalized spacial score (nSPS) is 10.8. The predicted molar refractivity (Wildman–Crippen MR) is 110 cm³/mol. The molecule has 30 heavy (non-hydrogen) atoms. The van der Waals surface area contributed by atoms with Crippen molar-refractivity contribution in [2.24, 2.45) is 0 Å². The summed E-state index contributed by atoms with van der Waals surface area (Å²) in [6.07, 6.45) is -0.110. The quantitative estimate of drug-likeness (QED) is 0.570. The number of oxazole rings is 1. The monoisotopic (exact) mass is 432 g/mol. The minimum absolute atomic E-state index is 0.0616. The molecule has 0 aliphatic carbocycles. The van der Waals surface area contributed by atoms with Gasteiger partial charge in [-0.15, -0.1) is 11.3 Å². The molecule has 3 rings (SSSR count). The van der Waals surface area contributed by atoms with Crippen molar-refractivity contribution in [1.82, 2.24) is 4.57 Å². The second-order valence-corrected chi connectivity index (χ2v) is 7.65. The molecule has 0 bridgehead atoms. The Kier molecular flexibility index (Phi) is 6.36. The SMILES string of the molecule is COC(=O)c1c(NC(=O)COC(=O)CCn2c(=O)oc3ccccc32)sc(C)c1C. The third-order valence-electron chi connectivity index (χ3n) is 4.51. The summed E-state index contributed by atoms with van der Waals surface area (Å²) in [7, 11) is 1.26. The number of nitrogens with zero attached hydrogens (tertiary/aromatic N) is 1. The zero-order chi connectivity index (χ0) is 21.8. The van der Waals surface area contributed by atoms with Crippen molar-refractivity contribution in [2.45, 2.75) is 26.8 Å². The fourth-order valence-corrected chi connectivity index (χ4v) is 3.94. The Hall–Kier alpha value is -3.40. The minimum Gasteiger partial charge on any atom is -0.465 e. The molecule has 1 amide bonds. The number of aromatic nitrogens is 1. The number of rotatable bonds is 7. The predicted octanol–water partition coefficient (Wildman–Crippen LogP) is 2.63. The number of carbonyl (C=O) groups is 3. The fourth-order valence-electron chi connectivity index (χ4n) is 2.87. The molecule has 0 atom stereocenters. The van der Waals surface area contributed by atoms with Crippen molar-refractivity contribution in [2.75, 3.05) is 19.0 Å². The van der Waals surface area contributed by atoms with Gasteiger partial charge in [-0.1, -0.05) is 12.1 Å². The average Bonchev–Trinajstić information content (AvgIpc) is 3.19. The van der Waals surface area contributed by atoms with Crippen molar-refractivity contribution in [3.05, 3.63) is 50.8 Å². The molecular formula is C20H20N2O7S. The van der Waals surface area contributed by atoms with Gasteiger partial charge >= 0.3 is 17.7 Å². The molecule has 1 N–H and O–H groups in total. The first-order valence-electron chi connectivity index (χ1n) is 9.04. The van der Waals surface area contributed by atoms with Gasteiger partial charge in [0.2, 0.25) is 0 Å². The molecule has 2 heterocycles. The maximum atomic E-state index is 12.2. The van der Waals surface area contributed by atoms with Crippen LogP contribution >= 0.6 is 11.3 Å². The highest BCUT2D eigenvalue weighted by molar-refractivity contribution is 7.16. The van der Waals surface area contributed by atoms with Crippen LogP contribution in [-0.2, 0) is 25.6 Å². The first kappa shape index (κ1) is 21.3. The molecule has 0 saturated carbocycles. The summed E-state index contributed by atoms with van der Waals surface area (Å²) in [4.78, 5) is 48.9. The number of ether oxygens (including phenoxy) is 2. The second-order valence-electron chi connectivity index (χ2n) is 6.43. The van der Waals surface area contributed by atoms with Crippen LogP contribution in [0.15, 0.2) is 33.5 Å². The zero-order valence-corrected chi connectivity index (χ0v) is 17.5. The number of nitrogens with one attached hydrogen (secondary N) is 1. The van der Waals surface area contributed by atoms with Crippen molar-refractivity contribution in [3.8, 4) is 0 Å². The zero-order valence-electron chi connectivity index (χ0n) is 16.6. The van der Waals surface area contributed by atoms with E-state index in [4.69, 9.17) is 13.9 Å². The lowest BCUT2D eigenvalue weighted by atomic mass is 10.1. The number of esters is 2. The number of hydrogen-bond acceptors (Lipinski definition) is 8. The molecule has 9 nitrogen and oxygen atoms in total. The maximum Gasteiger partial charge on any atom is 0.419 e. The summed E-state index contributed by atoms with van der Waals surface area (Å²) in [6.45, 7) is 3.13. The topological polar surface area (TPSA) is 117 Å². The number of thiophene rings is 1. The standard InChI is InChI=1S/C20H20N2O7S/c1-11-12(2)30-18(17(11)19(25)27-3)21-15(23)10-28-16(24)8-9-22-13-6-4-5-7-14(13)29-20(22)26/h4-7H,8-10H2,1-3H3,(H,21,23). The van der Waals surface area contributed by atoms with Gasteiger partial charge in [0.25, 0.3) is 5.91 Å². The van der Waals surface area contributed by atoms with Crippen molar-refractivity contribution < 1.29 is 28.3 Å². The third kappa shape index (κ3) is 4.43. The summed E-state index contributed by atoms with van der Waals surface area (Å²) >= 11 is 1.24. The summed E-state index contributed by atoms with van der Waals surface area (Å²) in [5, 5.41) is 2.92. The Morgan fingerprint density at radius 1 is 1.20 bits per heavy atom. The van der Waals surface area contributed by atoms with Gasteiger partial charge in [-0.2, -0.15) is 0 Å². The van der Waals surface area contributed by atoms with Crippen LogP contribution in [0.4, 0.5) is 5.00 Å². The number of anilines is 1. The van der Waals surface area contributed by atoms with Crippen LogP contribution in [0.5, 0.6) is 0 Å². The van der Waals surface area contributed by atoms with Gasteiger partial charge in [-0.05, 0) is 31.5 Å². The van der Waals surface area contributed by atoms with E-state index in [1.165, 1.54) is 23.0 Å². The van der Waals surface area contributed by atoms with Crippen LogP contribution in [0.25, 0.3) is 11.1 Å². The van der Waals surface area contributed by atoms with Gasteiger partial charge in [0.05, 0.1) is 24.6 Å². The lowest BCUT2D eigenvalue weighted by Gasteiger charge is -2.07. The summed E-state index contributed by atoms with van der Waals surface area (Å²) in [5.74, 6) is -2.35. The first-order chi connectivity index (χ1) is 14.3.